The predicted molar refractivity (Wildman–Crippen MR) is 99.1 cm³/mol. The highest BCUT2D eigenvalue weighted by molar-refractivity contribution is 5.65. The van der Waals surface area contributed by atoms with E-state index in [4.69, 9.17) is 9.47 Å². The molecule has 0 unspecified atom stereocenters. The SMILES string of the molecule is CC(=O)OC[C@]12CO[C@@H](CCc3ccccc3)[C@H](C(C)=C[C@H]1C)[C@H]2C. The van der Waals surface area contributed by atoms with E-state index in [9.17, 15) is 4.79 Å². The van der Waals surface area contributed by atoms with E-state index in [1.54, 1.807) is 0 Å². The first-order valence-corrected chi connectivity index (χ1v) is 9.41. The van der Waals surface area contributed by atoms with Crippen molar-refractivity contribution in [1.82, 2.24) is 0 Å². The van der Waals surface area contributed by atoms with Crippen molar-refractivity contribution >= 4 is 5.97 Å². The van der Waals surface area contributed by atoms with Gasteiger partial charge in [-0.15, -0.1) is 0 Å². The number of carbonyl (C=O) groups is 1. The molecule has 0 aromatic heterocycles. The first-order chi connectivity index (χ1) is 11.9. The van der Waals surface area contributed by atoms with Crippen LogP contribution in [0.25, 0.3) is 0 Å². The van der Waals surface area contributed by atoms with Gasteiger partial charge in [-0.25, -0.2) is 0 Å². The summed E-state index contributed by atoms with van der Waals surface area (Å²) in [5.74, 6) is 1.00. The summed E-state index contributed by atoms with van der Waals surface area (Å²) in [4.78, 5) is 11.4. The first kappa shape index (κ1) is 18.2. The highest BCUT2D eigenvalue weighted by Gasteiger charge is 2.53. The van der Waals surface area contributed by atoms with Gasteiger partial charge in [0.15, 0.2) is 0 Å². The summed E-state index contributed by atoms with van der Waals surface area (Å²) < 4.78 is 11.8. The fourth-order valence-electron chi connectivity index (χ4n) is 4.84. The van der Waals surface area contributed by atoms with Crippen LogP contribution >= 0.6 is 0 Å². The van der Waals surface area contributed by atoms with Gasteiger partial charge in [-0.3, -0.25) is 4.79 Å². The van der Waals surface area contributed by atoms with Crippen LogP contribution in [-0.4, -0.2) is 25.3 Å². The lowest BCUT2D eigenvalue weighted by Crippen LogP contribution is -2.56. The van der Waals surface area contributed by atoms with E-state index in [1.807, 2.05) is 0 Å². The van der Waals surface area contributed by atoms with Crippen molar-refractivity contribution in [2.75, 3.05) is 13.2 Å². The second-order valence-corrected chi connectivity index (χ2v) is 7.90. The molecular formula is C22H30O3. The number of hydrogen-bond donors (Lipinski definition) is 0. The van der Waals surface area contributed by atoms with Crippen molar-refractivity contribution in [2.24, 2.45) is 23.2 Å². The van der Waals surface area contributed by atoms with E-state index in [2.05, 4.69) is 57.2 Å². The van der Waals surface area contributed by atoms with Crippen molar-refractivity contribution < 1.29 is 14.3 Å². The average Bonchev–Trinajstić information content (AvgIpc) is 2.58. The monoisotopic (exact) mass is 342 g/mol. The lowest BCUT2D eigenvalue weighted by atomic mass is 9.56. The minimum absolute atomic E-state index is 0.0981. The largest absolute Gasteiger partial charge is 0.465 e. The molecule has 1 saturated heterocycles. The molecule has 3 rings (SSSR count). The van der Waals surface area contributed by atoms with Crippen LogP contribution in [0.3, 0.4) is 0 Å². The Morgan fingerprint density at radius 2 is 2.00 bits per heavy atom. The Kier molecular flexibility index (Phi) is 5.33. The third-order valence-electron chi connectivity index (χ3n) is 6.46. The van der Waals surface area contributed by atoms with Crippen molar-refractivity contribution in [3.8, 4) is 0 Å². The molecule has 1 heterocycles. The summed E-state index contributed by atoms with van der Waals surface area (Å²) in [6.07, 6.45) is 4.69. The third-order valence-corrected chi connectivity index (χ3v) is 6.46. The van der Waals surface area contributed by atoms with Crippen molar-refractivity contribution in [3.63, 3.8) is 0 Å². The van der Waals surface area contributed by atoms with Crippen LogP contribution in [0.2, 0.25) is 0 Å². The summed E-state index contributed by atoms with van der Waals surface area (Å²) in [6, 6.07) is 10.6. The lowest BCUT2D eigenvalue weighted by molar-refractivity contribution is -0.179. The molecule has 3 heteroatoms. The summed E-state index contributed by atoms with van der Waals surface area (Å²) in [5, 5.41) is 0. The molecule has 1 aliphatic carbocycles. The van der Waals surface area contributed by atoms with E-state index in [-0.39, 0.29) is 17.5 Å². The molecule has 2 aliphatic rings. The number of carbonyl (C=O) groups excluding carboxylic acids is 1. The minimum atomic E-state index is -0.206. The Hall–Kier alpha value is -1.61. The molecule has 0 spiro atoms. The smallest absolute Gasteiger partial charge is 0.302 e. The molecule has 1 aliphatic heterocycles. The molecule has 0 N–H and O–H groups in total. The zero-order valence-corrected chi connectivity index (χ0v) is 15.8. The van der Waals surface area contributed by atoms with Crippen LogP contribution in [0, 0.1) is 23.2 Å². The Labute approximate surface area is 151 Å². The maximum absolute atomic E-state index is 11.4. The number of benzene rings is 1. The van der Waals surface area contributed by atoms with Gasteiger partial charge in [0.25, 0.3) is 0 Å². The van der Waals surface area contributed by atoms with Crippen LogP contribution < -0.4 is 0 Å². The molecule has 0 amide bonds. The van der Waals surface area contributed by atoms with Crippen LogP contribution in [0.1, 0.15) is 39.7 Å². The molecule has 5 atom stereocenters. The van der Waals surface area contributed by atoms with Gasteiger partial charge >= 0.3 is 5.97 Å². The maximum Gasteiger partial charge on any atom is 0.302 e. The Morgan fingerprint density at radius 1 is 1.28 bits per heavy atom. The summed E-state index contributed by atoms with van der Waals surface area (Å²) >= 11 is 0. The maximum atomic E-state index is 11.4. The summed E-state index contributed by atoms with van der Waals surface area (Å²) in [6.45, 7) is 9.39. The van der Waals surface area contributed by atoms with Crippen LogP contribution in [0.5, 0.6) is 0 Å². The molecule has 1 aromatic rings. The van der Waals surface area contributed by atoms with Gasteiger partial charge in [0.2, 0.25) is 0 Å². The molecule has 2 bridgehead atoms. The van der Waals surface area contributed by atoms with Gasteiger partial charge in [0.1, 0.15) is 0 Å². The average molecular weight is 342 g/mol. The van der Waals surface area contributed by atoms with Gasteiger partial charge in [-0.1, -0.05) is 55.8 Å². The molecular weight excluding hydrogens is 312 g/mol. The quantitative estimate of drug-likeness (QED) is 0.587. The van der Waals surface area contributed by atoms with E-state index < -0.39 is 0 Å². The van der Waals surface area contributed by atoms with Crippen LogP contribution in [-0.2, 0) is 20.7 Å². The van der Waals surface area contributed by atoms with Gasteiger partial charge in [-0.05, 0) is 37.2 Å². The molecule has 136 valence electrons. The van der Waals surface area contributed by atoms with E-state index in [1.165, 1.54) is 18.1 Å². The molecule has 0 saturated carbocycles. The number of fused-ring (bicyclic) bond motifs is 2. The van der Waals surface area contributed by atoms with Crippen LogP contribution in [0.15, 0.2) is 42.0 Å². The first-order valence-electron chi connectivity index (χ1n) is 9.41. The Morgan fingerprint density at radius 3 is 2.68 bits per heavy atom. The highest BCUT2D eigenvalue weighted by atomic mass is 16.5. The molecule has 1 aromatic carbocycles. The number of rotatable bonds is 5. The van der Waals surface area contributed by atoms with E-state index in [0.29, 0.717) is 31.0 Å². The van der Waals surface area contributed by atoms with Gasteiger partial charge in [-0.2, -0.15) is 0 Å². The molecule has 0 radical (unpaired) electrons. The third kappa shape index (κ3) is 3.52. The molecule has 1 fully saturated rings. The standard InChI is InChI=1S/C22H30O3/c1-15-12-16(2)22(13-24-18(4)23)14-25-20(21(15)17(22)3)11-10-19-8-6-5-7-9-19/h5-9,12,16-17,20-21H,10-11,13-14H2,1-4H3/t16-,17-,20+,21-,22+/m1/s1. The number of hydrogen-bond acceptors (Lipinski definition) is 3. The number of aryl methyl sites for hydroxylation is 1. The number of esters is 1. The van der Waals surface area contributed by atoms with Crippen molar-refractivity contribution in [1.29, 1.82) is 0 Å². The summed E-state index contributed by atoms with van der Waals surface area (Å²) in [5.41, 5.74) is 2.69. The Balaban J connectivity index is 1.76. The van der Waals surface area contributed by atoms with Crippen LogP contribution in [0.4, 0.5) is 0 Å². The molecule has 25 heavy (non-hydrogen) atoms. The molecule has 3 nitrogen and oxygen atoms in total. The number of allylic oxidation sites excluding steroid dienone is 1. The normalized spacial score (nSPS) is 34.3. The van der Waals surface area contributed by atoms with Gasteiger partial charge in [0, 0.05) is 18.3 Å². The van der Waals surface area contributed by atoms with Gasteiger partial charge in [0.05, 0.1) is 19.3 Å². The number of ether oxygens (including phenoxy) is 2. The second-order valence-electron chi connectivity index (χ2n) is 7.90. The van der Waals surface area contributed by atoms with Crippen molar-refractivity contribution in [3.05, 3.63) is 47.5 Å². The van der Waals surface area contributed by atoms with E-state index >= 15 is 0 Å². The fraction of sp³-hybridized carbons (Fsp3) is 0.591. The van der Waals surface area contributed by atoms with E-state index in [0.717, 1.165) is 12.8 Å². The topological polar surface area (TPSA) is 35.5 Å². The van der Waals surface area contributed by atoms with Gasteiger partial charge < -0.3 is 9.47 Å². The minimum Gasteiger partial charge on any atom is -0.465 e. The predicted octanol–water partition coefficient (Wildman–Crippen LogP) is 4.42. The lowest BCUT2D eigenvalue weighted by Gasteiger charge is -2.55. The summed E-state index contributed by atoms with van der Waals surface area (Å²) in [7, 11) is 0. The Bertz CT molecular complexity index is 636. The van der Waals surface area contributed by atoms with Crippen molar-refractivity contribution in [2.45, 2.75) is 46.6 Å². The second kappa shape index (κ2) is 7.33. The zero-order valence-electron chi connectivity index (χ0n) is 15.8. The zero-order chi connectivity index (χ0) is 18.0. The highest BCUT2D eigenvalue weighted by Crippen LogP contribution is 2.53. The fourth-order valence-corrected chi connectivity index (χ4v) is 4.84.